The van der Waals surface area contributed by atoms with Gasteiger partial charge in [0.2, 0.25) is 5.91 Å². The highest BCUT2D eigenvalue weighted by Crippen LogP contribution is 2.39. The first-order valence-electron chi connectivity index (χ1n) is 9.25. The molecule has 0 unspecified atom stereocenters. The van der Waals surface area contributed by atoms with Crippen molar-refractivity contribution in [3.05, 3.63) is 16.8 Å². The molecule has 1 aliphatic heterocycles. The molecule has 0 bridgehead atoms. The van der Waals surface area contributed by atoms with Gasteiger partial charge in [0.1, 0.15) is 17.0 Å². The Hall–Kier alpha value is -1.69. The summed E-state index contributed by atoms with van der Waals surface area (Å²) in [5.74, 6) is 1.32. The number of carbonyl (C=O) groups excluding carboxylic acids is 1. The molecule has 1 amide bonds. The molecule has 0 atom stereocenters. The zero-order valence-corrected chi connectivity index (χ0v) is 16.2. The predicted octanol–water partition coefficient (Wildman–Crippen LogP) is 3.26. The van der Waals surface area contributed by atoms with Gasteiger partial charge in [0.25, 0.3) is 0 Å². The van der Waals surface area contributed by atoms with Gasteiger partial charge >= 0.3 is 0 Å². The summed E-state index contributed by atoms with van der Waals surface area (Å²) >= 11 is 1.84. The maximum absolute atomic E-state index is 12.5. The second-order valence-electron chi connectivity index (χ2n) is 8.12. The molecule has 1 aliphatic carbocycles. The van der Waals surface area contributed by atoms with E-state index < -0.39 is 0 Å². The average Bonchev–Trinajstić information content (AvgIpc) is 2.99. The van der Waals surface area contributed by atoms with E-state index >= 15 is 0 Å². The average molecular weight is 359 g/mol. The number of nitrogens with zero attached hydrogens (tertiary/aromatic N) is 4. The summed E-state index contributed by atoms with van der Waals surface area (Å²) < 4.78 is 0. The first-order chi connectivity index (χ1) is 11.9. The maximum Gasteiger partial charge on any atom is 0.228 e. The Labute approximate surface area is 153 Å². The third-order valence-corrected chi connectivity index (χ3v) is 6.44. The van der Waals surface area contributed by atoms with Crippen molar-refractivity contribution >= 4 is 33.3 Å². The van der Waals surface area contributed by atoms with Crippen LogP contribution in [0.15, 0.2) is 6.33 Å². The molecule has 25 heavy (non-hydrogen) atoms. The number of carbonyl (C=O) groups is 1. The Bertz CT molecular complexity index is 800. The standard InChI is InChI=1S/C19H26N4OS/c1-19(2,3)18(24)23-10-8-22(9-11-23)16-15-13-6-4-5-7-14(13)25-17(15)21-12-20-16/h12H,4-11H2,1-3H3. The first kappa shape index (κ1) is 16.8. The normalized spacial score (nSPS) is 18.5. The van der Waals surface area contributed by atoms with Gasteiger partial charge in [0.15, 0.2) is 0 Å². The number of thiophene rings is 1. The lowest BCUT2D eigenvalue weighted by atomic mass is 9.94. The number of hydrogen-bond donors (Lipinski definition) is 0. The number of fused-ring (bicyclic) bond motifs is 3. The molecule has 0 aromatic carbocycles. The van der Waals surface area contributed by atoms with Crippen LogP contribution in [-0.2, 0) is 17.6 Å². The van der Waals surface area contributed by atoms with E-state index in [2.05, 4.69) is 14.9 Å². The molecule has 4 rings (SSSR count). The van der Waals surface area contributed by atoms with Crippen LogP contribution in [0, 0.1) is 5.41 Å². The Morgan fingerprint density at radius 3 is 2.52 bits per heavy atom. The minimum Gasteiger partial charge on any atom is -0.352 e. The second-order valence-corrected chi connectivity index (χ2v) is 9.20. The predicted molar refractivity (Wildman–Crippen MR) is 102 cm³/mol. The minimum atomic E-state index is -0.309. The van der Waals surface area contributed by atoms with Gasteiger partial charge in [-0.15, -0.1) is 11.3 Å². The fourth-order valence-corrected chi connectivity index (χ4v) is 5.13. The SMILES string of the molecule is CC(C)(C)C(=O)N1CCN(c2ncnc3sc4c(c23)CCCC4)CC1. The van der Waals surface area contributed by atoms with Crippen LogP contribution in [0.2, 0.25) is 0 Å². The first-order valence-corrected chi connectivity index (χ1v) is 10.1. The Morgan fingerprint density at radius 1 is 1.08 bits per heavy atom. The third kappa shape index (κ3) is 3.01. The highest BCUT2D eigenvalue weighted by Gasteiger charge is 2.31. The van der Waals surface area contributed by atoms with Crippen molar-refractivity contribution in [2.45, 2.75) is 46.5 Å². The molecule has 3 heterocycles. The maximum atomic E-state index is 12.5. The molecule has 2 aromatic heterocycles. The zero-order valence-electron chi connectivity index (χ0n) is 15.3. The van der Waals surface area contributed by atoms with Gasteiger partial charge in [-0.05, 0) is 31.2 Å². The van der Waals surface area contributed by atoms with E-state index in [1.165, 1.54) is 35.1 Å². The number of amides is 1. The van der Waals surface area contributed by atoms with Crippen molar-refractivity contribution < 1.29 is 4.79 Å². The lowest BCUT2D eigenvalue weighted by Gasteiger charge is -2.38. The monoisotopic (exact) mass is 358 g/mol. The molecule has 0 saturated carbocycles. The highest BCUT2D eigenvalue weighted by molar-refractivity contribution is 7.19. The highest BCUT2D eigenvalue weighted by atomic mass is 32.1. The van der Waals surface area contributed by atoms with Crippen molar-refractivity contribution in [1.82, 2.24) is 14.9 Å². The summed E-state index contributed by atoms with van der Waals surface area (Å²) in [6.07, 6.45) is 6.59. The molecule has 2 aliphatic rings. The van der Waals surface area contributed by atoms with Crippen LogP contribution in [0.3, 0.4) is 0 Å². The van der Waals surface area contributed by atoms with Gasteiger partial charge in [-0.1, -0.05) is 20.8 Å². The van der Waals surface area contributed by atoms with E-state index in [1.54, 1.807) is 6.33 Å². The molecule has 1 saturated heterocycles. The molecule has 1 fully saturated rings. The number of rotatable bonds is 1. The van der Waals surface area contributed by atoms with Crippen LogP contribution < -0.4 is 4.90 Å². The molecule has 5 nitrogen and oxygen atoms in total. The molecular weight excluding hydrogens is 332 g/mol. The topological polar surface area (TPSA) is 49.3 Å². The van der Waals surface area contributed by atoms with Gasteiger partial charge < -0.3 is 9.80 Å². The number of hydrogen-bond acceptors (Lipinski definition) is 5. The van der Waals surface area contributed by atoms with E-state index in [4.69, 9.17) is 0 Å². The van der Waals surface area contributed by atoms with Gasteiger partial charge in [0.05, 0.1) is 5.39 Å². The molecule has 134 valence electrons. The van der Waals surface area contributed by atoms with Crippen LogP contribution in [0.25, 0.3) is 10.2 Å². The molecule has 0 radical (unpaired) electrons. The molecular formula is C19H26N4OS. The summed E-state index contributed by atoms with van der Waals surface area (Å²) in [7, 11) is 0. The molecule has 0 N–H and O–H groups in total. The summed E-state index contributed by atoms with van der Waals surface area (Å²) in [5, 5.41) is 1.28. The van der Waals surface area contributed by atoms with E-state index in [9.17, 15) is 4.79 Å². The number of piperazine rings is 1. The lowest BCUT2D eigenvalue weighted by Crippen LogP contribution is -2.51. The van der Waals surface area contributed by atoms with Crippen LogP contribution in [0.5, 0.6) is 0 Å². The van der Waals surface area contributed by atoms with Gasteiger partial charge in [0, 0.05) is 36.5 Å². The summed E-state index contributed by atoms with van der Waals surface area (Å²) in [4.78, 5) is 28.7. The summed E-state index contributed by atoms with van der Waals surface area (Å²) in [6.45, 7) is 9.22. The van der Waals surface area contributed by atoms with Gasteiger partial charge in [-0.3, -0.25) is 4.79 Å². The fourth-order valence-electron chi connectivity index (χ4n) is 3.91. The van der Waals surface area contributed by atoms with E-state index in [0.717, 1.165) is 43.2 Å². The molecule has 2 aromatic rings. The van der Waals surface area contributed by atoms with Gasteiger partial charge in [-0.2, -0.15) is 0 Å². The largest absolute Gasteiger partial charge is 0.352 e. The van der Waals surface area contributed by atoms with Crippen molar-refractivity contribution in [2.24, 2.45) is 5.41 Å². The Morgan fingerprint density at radius 2 is 1.80 bits per heavy atom. The Balaban J connectivity index is 1.60. The van der Waals surface area contributed by atoms with Gasteiger partial charge in [-0.25, -0.2) is 9.97 Å². The van der Waals surface area contributed by atoms with Crippen molar-refractivity contribution in [2.75, 3.05) is 31.1 Å². The van der Waals surface area contributed by atoms with Crippen molar-refractivity contribution in [3.8, 4) is 0 Å². The van der Waals surface area contributed by atoms with E-state index in [-0.39, 0.29) is 11.3 Å². The number of aryl methyl sites for hydroxylation is 2. The summed E-state index contributed by atoms with van der Waals surface area (Å²) in [5.41, 5.74) is 1.17. The molecule has 0 spiro atoms. The smallest absolute Gasteiger partial charge is 0.228 e. The van der Waals surface area contributed by atoms with Crippen LogP contribution in [0.4, 0.5) is 5.82 Å². The van der Waals surface area contributed by atoms with E-state index in [0.29, 0.717) is 0 Å². The van der Waals surface area contributed by atoms with Crippen molar-refractivity contribution in [3.63, 3.8) is 0 Å². The number of aromatic nitrogens is 2. The van der Waals surface area contributed by atoms with Crippen molar-refractivity contribution in [1.29, 1.82) is 0 Å². The van der Waals surface area contributed by atoms with Crippen LogP contribution in [-0.4, -0.2) is 47.0 Å². The third-order valence-electron chi connectivity index (χ3n) is 5.24. The second kappa shape index (κ2) is 6.24. The quantitative estimate of drug-likeness (QED) is 0.785. The lowest BCUT2D eigenvalue weighted by molar-refractivity contribution is -0.139. The van der Waals surface area contributed by atoms with Crippen LogP contribution >= 0.6 is 11.3 Å². The Kier molecular flexibility index (Phi) is 4.18. The molecule has 6 heteroatoms. The van der Waals surface area contributed by atoms with Crippen LogP contribution in [0.1, 0.15) is 44.1 Å². The minimum absolute atomic E-state index is 0.243. The van der Waals surface area contributed by atoms with E-state index in [1.807, 2.05) is 37.0 Å². The summed E-state index contributed by atoms with van der Waals surface area (Å²) in [6, 6.07) is 0. The fraction of sp³-hybridized carbons (Fsp3) is 0.632. The number of anilines is 1. The zero-order chi connectivity index (χ0) is 17.6.